The molecule has 0 aromatic heterocycles. The summed E-state index contributed by atoms with van der Waals surface area (Å²) in [6, 6.07) is 7.38. The van der Waals surface area contributed by atoms with Crippen LogP contribution in [0.1, 0.15) is 89.2 Å². The lowest BCUT2D eigenvalue weighted by Gasteiger charge is -2.62. The Morgan fingerprint density at radius 1 is 1.24 bits per heavy atom. The van der Waals surface area contributed by atoms with Crippen molar-refractivity contribution in [3.05, 3.63) is 29.3 Å². The van der Waals surface area contributed by atoms with Gasteiger partial charge in [-0.05, 0) is 107 Å². The van der Waals surface area contributed by atoms with E-state index in [0.717, 1.165) is 57.4 Å². The summed E-state index contributed by atoms with van der Waals surface area (Å²) >= 11 is 0. The van der Waals surface area contributed by atoms with Crippen molar-refractivity contribution in [1.82, 2.24) is 15.5 Å². The molecule has 34 heavy (non-hydrogen) atoms. The second-order valence-electron chi connectivity index (χ2n) is 11.4. The number of nitrogens with zero attached hydrogens (tertiary/aromatic N) is 1. The molecule has 2 aliphatic carbocycles. The Kier molecular flexibility index (Phi) is 6.38. The molecule has 1 saturated carbocycles. The quantitative estimate of drug-likeness (QED) is 0.622. The number of rotatable bonds is 6. The van der Waals surface area contributed by atoms with Crippen LogP contribution in [0.25, 0.3) is 0 Å². The van der Waals surface area contributed by atoms with Crippen LogP contribution in [0.4, 0.5) is 0 Å². The van der Waals surface area contributed by atoms with E-state index in [4.69, 9.17) is 4.74 Å². The standard InChI is InChI=1S/C28H41N3O3/c1-19-6-4-15-31(19)16-5-17-34-22-8-9-23-21(18-22)7-10-25-24(23)11-13-27(3)28(25,29-20(2)32)14-12-26(33)30-27/h8-9,18-19,24-25H,4-7,10-17H2,1-3H3,(H,29,32)(H,30,33)/t19-,24-,25-,27+,28+/m1/s1. The summed E-state index contributed by atoms with van der Waals surface area (Å²) < 4.78 is 6.16. The Balaban J connectivity index is 1.29. The first-order valence-electron chi connectivity index (χ1n) is 13.4. The van der Waals surface area contributed by atoms with E-state index in [1.165, 1.54) is 30.5 Å². The van der Waals surface area contributed by atoms with Gasteiger partial charge in [0, 0.05) is 25.9 Å². The van der Waals surface area contributed by atoms with E-state index >= 15 is 0 Å². The van der Waals surface area contributed by atoms with Crippen LogP contribution >= 0.6 is 0 Å². The van der Waals surface area contributed by atoms with Gasteiger partial charge in [0.15, 0.2) is 0 Å². The molecule has 1 aromatic carbocycles. The van der Waals surface area contributed by atoms with Crippen molar-refractivity contribution in [2.75, 3.05) is 19.7 Å². The molecule has 4 aliphatic rings. The number of carbonyl (C=O) groups is 2. The van der Waals surface area contributed by atoms with E-state index in [1.807, 2.05) is 0 Å². The fourth-order valence-corrected chi connectivity index (χ4v) is 7.71. The average molecular weight is 468 g/mol. The SMILES string of the molecule is CC(=O)N[C@]12CCC(=O)N[C@@]1(C)CC[C@@H]1c3ccc(OCCCN4CCC[C@H]4C)cc3CC[C@H]12. The largest absolute Gasteiger partial charge is 0.494 e. The smallest absolute Gasteiger partial charge is 0.220 e. The van der Waals surface area contributed by atoms with Crippen molar-refractivity contribution >= 4 is 11.8 Å². The summed E-state index contributed by atoms with van der Waals surface area (Å²) in [6.45, 7) is 9.20. The Morgan fingerprint density at radius 3 is 2.85 bits per heavy atom. The van der Waals surface area contributed by atoms with Crippen molar-refractivity contribution in [3.8, 4) is 5.75 Å². The molecule has 0 bridgehead atoms. The number of nitrogens with one attached hydrogen (secondary N) is 2. The lowest BCUT2D eigenvalue weighted by molar-refractivity contribution is -0.138. The summed E-state index contributed by atoms with van der Waals surface area (Å²) in [6.07, 6.45) is 8.85. The monoisotopic (exact) mass is 467 g/mol. The lowest BCUT2D eigenvalue weighted by Crippen LogP contribution is -2.77. The zero-order chi connectivity index (χ0) is 23.9. The molecule has 2 heterocycles. The molecule has 0 unspecified atom stereocenters. The molecule has 5 rings (SSSR count). The van der Waals surface area contributed by atoms with Gasteiger partial charge >= 0.3 is 0 Å². The molecule has 2 aliphatic heterocycles. The van der Waals surface area contributed by atoms with E-state index in [0.29, 0.717) is 24.3 Å². The number of fused-ring (bicyclic) bond motifs is 5. The Morgan fingerprint density at radius 2 is 2.09 bits per heavy atom. The van der Waals surface area contributed by atoms with Gasteiger partial charge in [-0.1, -0.05) is 6.07 Å². The van der Waals surface area contributed by atoms with Crippen LogP contribution in [0.2, 0.25) is 0 Å². The van der Waals surface area contributed by atoms with Crippen molar-refractivity contribution in [2.24, 2.45) is 5.92 Å². The summed E-state index contributed by atoms with van der Waals surface area (Å²) in [5, 5.41) is 6.66. The summed E-state index contributed by atoms with van der Waals surface area (Å²) in [5.74, 6) is 1.83. The molecule has 186 valence electrons. The fraction of sp³-hybridized carbons (Fsp3) is 0.714. The molecule has 2 N–H and O–H groups in total. The fourth-order valence-electron chi connectivity index (χ4n) is 7.71. The summed E-state index contributed by atoms with van der Waals surface area (Å²) in [5.41, 5.74) is 2.05. The molecule has 0 radical (unpaired) electrons. The number of carbonyl (C=O) groups excluding carboxylic acids is 2. The van der Waals surface area contributed by atoms with Crippen LogP contribution in [-0.2, 0) is 16.0 Å². The third-order valence-electron chi connectivity index (χ3n) is 9.41. The van der Waals surface area contributed by atoms with E-state index in [9.17, 15) is 9.59 Å². The number of ether oxygens (including phenoxy) is 1. The third-order valence-corrected chi connectivity index (χ3v) is 9.41. The van der Waals surface area contributed by atoms with Gasteiger partial charge < -0.3 is 20.3 Å². The van der Waals surface area contributed by atoms with Gasteiger partial charge in [0.1, 0.15) is 5.75 Å². The highest BCUT2D eigenvalue weighted by Crippen LogP contribution is 2.56. The van der Waals surface area contributed by atoms with Gasteiger partial charge in [0.2, 0.25) is 11.8 Å². The van der Waals surface area contributed by atoms with E-state index in [1.54, 1.807) is 6.92 Å². The summed E-state index contributed by atoms with van der Waals surface area (Å²) in [4.78, 5) is 27.2. The van der Waals surface area contributed by atoms with Crippen molar-refractivity contribution < 1.29 is 14.3 Å². The predicted octanol–water partition coefficient (Wildman–Crippen LogP) is 3.92. The number of amides is 2. The van der Waals surface area contributed by atoms with Crippen LogP contribution in [-0.4, -0.2) is 53.5 Å². The van der Waals surface area contributed by atoms with Crippen LogP contribution in [0, 0.1) is 5.92 Å². The lowest BCUT2D eigenvalue weighted by atomic mass is 9.51. The number of likely N-dealkylation sites (tertiary alicyclic amines) is 1. The normalized spacial score (nSPS) is 35.0. The van der Waals surface area contributed by atoms with Gasteiger partial charge in [-0.25, -0.2) is 0 Å². The van der Waals surface area contributed by atoms with Gasteiger partial charge in [-0.2, -0.15) is 0 Å². The number of aryl methyl sites for hydroxylation is 1. The average Bonchev–Trinajstić information content (AvgIpc) is 3.21. The van der Waals surface area contributed by atoms with E-state index in [2.05, 4.69) is 47.6 Å². The molecule has 2 saturated heterocycles. The summed E-state index contributed by atoms with van der Waals surface area (Å²) in [7, 11) is 0. The minimum Gasteiger partial charge on any atom is -0.494 e. The maximum Gasteiger partial charge on any atom is 0.220 e. The van der Waals surface area contributed by atoms with Crippen molar-refractivity contribution in [3.63, 3.8) is 0 Å². The predicted molar refractivity (Wildman–Crippen MR) is 133 cm³/mol. The minimum atomic E-state index is -0.386. The number of piperidine rings is 1. The van der Waals surface area contributed by atoms with Gasteiger partial charge in [-0.15, -0.1) is 0 Å². The van der Waals surface area contributed by atoms with Crippen LogP contribution < -0.4 is 15.4 Å². The van der Waals surface area contributed by atoms with Gasteiger partial charge in [-0.3, -0.25) is 9.59 Å². The van der Waals surface area contributed by atoms with Crippen molar-refractivity contribution in [1.29, 1.82) is 0 Å². The maximum atomic E-state index is 12.3. The molecule has 6 nitrogen and oxygen atoms in total. The topological polar surface area (TPSA) is 70.7 Å². The first-order valence-corrected chi connectivity index (χ1v) is 13.4. The minimum absolute atomic E-state index is 0.000827. The number of hydrogen-bond acceptors (Lipinski definition) is 4. The molecule has 0 spiro atoms. The van der Waals surface area contributed by atoms with E-state index < -0.39 is 0 Å². The van der Waals surface area contributed by atoms with Gasteiger partial charge in [0.05, 0.1) is 17.7 Å². The maximum absolute atomic E-state index is 12.3. The highest BCUT2D eigenvalue weighted by atomic mass is 16.5. The second kappa shape index (κ2) is 9.18. The molecule has 2 amide bonds. The van der Waals surface area contributed by atoms with Gasteiger partial charge in [0.25, 0.3) is 0 Å². The second-order valence-corrected chi connectivity index (χ2v) is 11.4. The number of hydrogen-bond donors (Lipinski definition) is 2. The van der Waals surface area contributed by atoms with Crippen LogP contribution in [0.3, 0.4) is 0 Å². The molecule has 5 atom stereocenters. The zero-order valence-corrected chi connectivity index (χ0v) is 21.1. The van der Waals surface area contributed by atoms with Crippen molar-refractivity contribution in [2.45, 2.75) is 102 Å². The molecular weight excluding hydrogens is 426 g/mol. The first kappa shape index (κ1) is 23.7. The molecular formula is C28H41N3O3. The molecule has 6 heteroatoms. The molecule has 3 fully saturated rings. The highest BCUT2D eigenvalue weighted by molar-refractivity contribution is 5.80. The number of benzene rings is 1. The third kappa shape index (κ3) is 4.12. The Hall–Kier alpha value is -2.08. The van der Waals surface area contributed by atoms with Crippen LogP contribution in [0.5, 0.6) is 5.75 Å². The van der Waals surface area contributed by atoms with E-state index in [-0.39, 0.29) is 22.9 Å². The molecule has 1 aromatic rings. The zero-order valence-electron chi connectivity index (χ0n) is 21.1. The Bertz CT molecular complexity index is 949. The highest BCUT2D eigenvalue weighted by Gasteiger charge is 2.61. The first-order chi connectivity index (χ1) is 16.3. The Labute approximate surface area is 204 Å². The van der Waals surface area contributed by atoms with Crippen LogP contribution in [0.15, 0.2) is 18.2 Å².